The van der Waals surface area contributed by atoms with Crippen LogP contribution in [0.4, 0.5) is 8.78 Å². The van der Waals surface area contributed by atoms with Crippen molar-refractivity contribution in [2.24, 2.45) is 0 Å². The number of nitrogens with zero attached hydrogens (tertiary/aromatic N) is 2. The predicted molar refractivity (Wildman–Crippen MR) is 86.3 cm³/mol. The molecule has 0 bridgehead atoms. The third kappa shape index (κ3) is 3.40. The second-order valence-corrected chi connectivity index (χ2v) is 5.57. The van der Waals surface area contributed by atoms with E-state index in [4.69, 9.17) is 9.47 Å². The van der Waals surface area contributed by atoms with E-state index in [1.165, 1.54) is 11.7 Å². The zero-order valence-corrected chi connectivity index (χ0v) is 15.4. The lowest BCUT2D eigenvalue weighted by Gasteiger charge is -2.13. The average molecular weight is 454 g/mol. The fraction of sp³-hybridized carbons (Fsp3) is 0.286. The number of hydrogen-bond donors (Lipinski definition) is 0. The summed E-state index contributed by atoms with van der Waals surface area (Å²) in [6.45, 7) is 1.87. The van der Waals surface area contributed by atoms with E-state index in [-0.39, 0.29) is 33.8 Å². The van der Waals surface area contributed by atoms with Crippen LogP contribution in [0.15, 0.2) is 16.9 Å². The van der Waals surface area contributed by atoms with Gasteiger partial charge in [0.1, 0.15) is 5.75 Å². The van der Waals surface area contributed by atoms with Gasteiger partial charge in [-0.3, -0.25) is 4.57 Å². The van der Waals surface area contributed by atoms with Gasteiger partial charge in [-0.1, -0.05) is 15.9 Å². The van der Waals surface area contributed by atoms with Gasteiger partial charge < -0.3 is 9.47 Å². The van der Waals surface area contributed by atoms with Gasteiger partial charge in [0.15, 0.2) is 22.1 Å². The fourth-order valence-electron chi connectivity index (χ4n) is 2.01. The van der Waals surface area contributed by atoms with Gasteiger partial charge in [0.05, 0.1) is 25.1 Å². The fourth-order valence-corrected chi connectivity index (χ4v) is 3.11. The SMILES string of the molecule is CCOC(=O)c1nc(Br)n(-c2cc(F)c(F)cc2OC)c1CBr. The van der Waals surface area contributed by atoms with E-state index in [1.54, 1.807) is 6.92 Å². The first kappa shape index (κ1) is 17.9. The Hall–Kier alpha value is -1.48. The molecule has 23 heavy (non-hydrogen) atoms. The first-order valence-electron chi connectivity index (χ1n) is 6.48. The summed E-state index contributed by atoms with van der Waals surface area (Å²) in [6, 6.07) is 1.90. The van der Waals surface area contributed by atoms with Crippen molar-refractivity contribution in [1.29, 1.82) is 0 Å². The standard InChI is InChI=1S/C14H12Br2F2N2O3/c1-3-23-13(21)12-10(6-15)20(14(16)19-12)9-4-7(17)8(18)5-11(9)22-2/h4-5H,3,6H2,1-2H3. The molecule has 0 amide bonds. The average Bonchev–Trinajstić information content (AvgIpc) is 2.86. The van der Waals surface area contributed by atoms with Crippen molar-refractivity contribution in [1.82, 2.24) is 9.55 Å². The summed E-state index contributed by atoms with van der Waals surface area (Å²) in [5.74, 6) is -2.59. The van der Waals surface area contributed by atoms with Crippen LogP contribution in [-0.4, -0.2) is 29.2 Å². The first-order valence-corrected chi connectivity index (χ1v) is 8.39. The van der Waals surface area contributed by atoms with Gasteiger partial charge >= 0.3 is 5.97 Å². The second-order valence-electron chi connectivity index (χ2n) is 4.30. The molecule has 1 heterocycles. The Morgan fingerprint density at radius 1 is 1.35 bits per heavy atom. The highest BCUT2D eigenvalue weighted by atomic mass is 79.9. The van der Waals surface area contributed by atoms with E-state index < -0.39 is 17.6 Å². The second kappa shape index (κ2) is 7.39. The highest BCUT2D eigenvalue weighted by Gasteiger charge is 2.25. The van der Waals surface area contributed by atoms with Gasteiger partial charge in [-0.2, -0.15) is 0 Å². The van der Waals surface area contributed by atoms with Crippen LogP contribution < -0.4 is 4.74 Å². The molecule has 1 aromatic carbocycles. The molecule has 0 saturated carbocycles. The maximum Gasteiger partial charge on any atom is 0.358 e. The Bertz CT molecular complexity index is 750. The highest BCUT2D eigenvalue weighted by Crippen LogP contribution is 2.32. The van der Waals surface area contributed by atoms with Crippen LogP contribution in [0, 0.1) is 11.6 Å². The van der Waals surface area contributed by atoms with Crippen molar-refractivity contribution in [2.75, 3.05) is 13.7 Å². The number of carbonyl (C=O) groups excluding carboxylic acids is 1. The molecule has 0 fully saturated rings. The molecule has 124 valence electrons. The summed E-state index contributed by atoms with van der Waals surface area (Å²) in [5, 5.41) is 0.238. The Labute approximate surface area is 147 Å². The molecule has 2 aromatic rings. The minimum Gasteiger partial charge on any atom is -0.494 e. The molecule has 0 N–H and O–H groups in total. The Morgan fingerprint density at radius 3 is 2.57 bits per heavy atom. The number of rotatable bonds is 5. The first-order chi connectivity index (χ1) is 10.9. The number of aromatic nitrogens is 2. The molecule has 1 aromatic heterocycles. The Kier molecular flexibility index (Phi) is 5.74. The summed E-state index contributed by atoms with van der Waals surface area (Å²) in [5.41, 5.74) is 0.692. The number of halogens is 4. The number of ether oxygens (including phenoxy) is 2. The highest BCUT2D eigenvalue weighted by molar-refractivity contribution is 9.10. The van der Waals surface area contributed by atoms with Gasteiger partial charge in [0.2, 0.25) is 0 Å². The normalized spacial score (nSPS) is 10.7. The van der Waals surface area contributed by atoms with Crippen molar-refractivity contribution < 1.29 is 23.0 Å². The number of alkyl halides is 1. The molecular weight excluding hydrogens is 442 g/mol. The number of methoxy groups -OCH3 is 1. The molecule has 2 rings (SSSR count). The lowest BCUT2D eigenvalue weighted by molar-refractivity contribution is 0.0519. The van der Waals surface area contributed by atoms with E-state index in [0.29, 0.717) is 5.69 Å². The Balaban J connectivity index is 2.69. The van der Waals surface area contributed by atoms with Crippen molar-refractivity contribution >= 4 is 37.8 Å². The Morgan fingerprint density at radius 2 is 2.00 bits per heavy atom. The quantitative estimate of drug-likeness (QED) is 0.507. The van der Waals surface area contributed by atoms with Gasteiger partial charge in [0.25, 0.3) is 0 Å². The lowest BCUT2D eigenvalue weighted by Crippen LogP contribution is -2.10. The van der Waals surface area contributed by atoms with Crippen LogP contribution in [0.25, 0.3) is 5.69 Å². The molecule has 0 unspecified atom stereocenters. The van der Waals surface area contributed by atoms with Crippen LogP contribution in [0.2, 0.25) is 0 Å². The number of benzene rings is 1. The molecule has 0 saturated heterocycles. The van der Waals surface area contributed by atoms with Crippen molar-refractivity contribution in [3.8, 4) is 11.4 Å². The zero-order valence-electron chi connectivity index (χ0n) is 12.2. The number of esters is 1. The van der Waals surface area contributed by atoms with Crippen LogP contribution in [0.3, 0.4) is 0 Å². The van der Waals surface area contributed by atoms with Crippen LogP contribution in [0.5, 0.6) is 5.75 Å². The predicted octanol–water partition coefficient (Wildman–Crippen LogP) is 3.99. The van der Waals surface area contributed by atoms with Gasteiger partial charge in [-0.25, -0.2) is 18.6 Å². The van der Waals surface area contributed by atoms with Crippen molar-refractivity contribution in [3.63, 3.8) is 0 Å². The molecule has 5 nitrogen and oxygen atoms in total. The van der Waals surface area contributed by atoms with Gasteiger partial charge in [-0.05, 0) is 22.9 Å². The minimum absolute atomic E-state index is 0.0717. The van der Waals surface area contributed by atoms with Crippen LogP contribution in [0.1, 0.15) is 23.1 Å². The molecule has 0 aliphatic heterocycles. The van der Waals surface area contributed by atoms with Gasteiger partial charge in [-0.15, -0.1) is 0 Å². The molecule has 0 radical (unpaired) electrons. The third-order valence-corrected chi connectivity index (χ3v) is 4.05. The van der Waals surface area contributed by atoms with Crippen molar-refractivity contribution in [2.45, 2.75) is 12.3 Å². The summed E-state index contributed by atoms with van der Waals surface area (Å²) >= 11 is 6.49. The van der Waals surface area contributed by atoms with E-state index in [9.17, 15) is 13.6 Å². The van der Waals surface area contributed by atoms with Crippen molar-refractivity contribution in [3.05, 3.63) is 39.9 Å². The maximum atomic E-state index is 13.7. The van der Waals surface area contributed by atoms with E-state index >= 15 is 0 Å². The lowest BCUT2D eigenvalue weighted by atomic mass is 10.2. The smallest absolute Gasteiger partial charge is 0.358 e. The molecule has 0 atom stereocenters. The van der Waals surface area contributed by atoms with E-state index in [1.807, 2.05) is 0 Å². The van der Waals surface area contributed by atoms with E-state index in [2.05, 4.69) is 36.8 Å². The largest absolute Gasteiger partial charge is 0.494 e. The summed E-state index contributed by atoms with van der Waals surface area (Å²) in [7, 11) is 1.33. The van der Waals surface area contributed by atoms with Crippen LogP contribution in [-0.2, 0) is 10.1 Å². The summed E-state index contributed by atoms with van der Waals surface area (Å²) in [4.78, 5) is 16.1. The zero-order chi connectivity index (χ0) is 17.1. The third-order valence-electron chi connectivity index (χ3n) is 2.99. The number of carbonyl (C=O) groups is 1. The van der Waals surface area contributed by atoms with Gasteiger partial charge in [0, 0.05) is 17.5 Å². The topological polar surface area (TPSA) is 53.3 Å². The van der Waals surface area contributed by atoms with Crippen LogP contribution >= 0.6 is 31.9 Å². The summed E-state index contributed by atoms with van der Waals surface area (Å²) < 4.78 is 38.8. The number of hydrogen-bond acceptors (Lipinski definition) is 4. The van der Waals surface area contributed by atoms with E-state index in [0.717, 1.165) is 12.1 Å². The summed E-state index contributed by atoms with van der Waals surface area (Å²) in [6.07, 6.45) is 0. The molecule has 0 aliphatic rings. The molecule has 9 heteroatoms. The molecular formula is C14H12Br2F2N2O3. The molecule has 0 aliphatic carbocycles. The minimum atomic E-state index is -1.04. The number of imidazole rings is 1. The molecule has 0 spiro atoms. The monoisotopic (exact) mass is 452 g/mol. The maximum absolute atomic E-state index is 13.7.